The molecule has 0 radical (unpaired) electrons. The zero-order valence-corrected chi connectivity index (χ0v) is 18.7. The van der Waals surface area contributed by atoms with Crippen molar-refractivity contribution in [2.45, 2.75) is 70.5 Å². The van der Waals surface area contributed by atoms with Crippen LogP contribution in [-0.2, 0) is 28.7 Å². The molecule has 3 amide bonds. The average molecular weight is 477 g/mol. The van der Waals surface area contributed by atoms with Crippen molar-refractivity contribution in [2.75, 3.05) is 26.3 Å². The van der Waals surface area contributed by atoms with Crippen molar-refractivity contribution in [3.8, 4) is 0 Å². The molecule has 9 nitrogen and oxygen atoms in total. The molecule has 2 aliphatic heterocycles. The van der Waals surface area contributed by atoms with E-state index >= 15 is 0 Å². The van der Waals surface area contributed by atoms with E-state index < -0.39 is 42.7 Å². The molecule has 1 saturated carbocycles. The number of nitrogens with one attached hydrogen (secondary N) is 2. The quantitative estimate of drug-likeness (QED) is 0.484. The molecule has 0 aromatic rings. The van der Waals surface area contributed by atoms with Crippen LogP contribution in [0.2, 0.25) is 0 Å². The van der Waals surface area contributed by atoms with Crippen LogP contribution < -0.4 is 10.6 Å². The number of carbonyl (C=O) groups is 4. The minimum Gasteiger partial charge on any atom is -0.369 e. The number of ketones is 1. The Morgan fingerprint density at radius 1 is 1.24 bits per heavy atom. The third-order valence-electron chi connectivity index (χ3n) is 6.39. The van der Waals surface area contributed by atoms with Crippen LogP contribution in [0.15, 0.2) is 0 Å². The molecule has 2 heterocycles. The van der Waals surface area contributed by atoms with Gasteiger partial charge in [-0.05, 0) is 51.4 Å². The smallest absolute Gasteiger partial charge is 0.369 e. The van der Waals surface area contributed by atoms with Gasteiger partial charge in [-0.3, -0.25) is 23.9 Å². The van der Waals surface area contributed by atoms with Crippen LogP contribution in [0.4, 0.5) is 13.2 Å². The van der Waals surface area contributed by atoms with Crippen molar-refractivity contribution in [3.63, 3.8) is 0 Å². The normalized spacial score (nSPS) is 24.8. The lowest BCUT2D eigenvalue weighted by Crippen LogP contribution is -2.52. The second-order valence-electron chi connectivity index (χ2n) is 9.38. The number of nitrogens with zero attached hydrogens (tertiary/aromatic N) is 1. The van der Waals surface area contributed by atoms with Crippen molar-refractivity contribution in [1.82, 2.24) is 15.5 Å². The molecule has 3 atom stereocenters. The number of alkyl halides is 3. The van der Waals surface area contributed by atoms with Crippen LogP contribution in [0.25, 0.3) is 0 Å². The number of halogens is 3. The van der Waals surface area contributed by atoms with E-state index in [2.05, 4.69) is 15.4 Å². The van der Waals surface area contributed by atoms with Gasteiger partial charge in [0.25, 0.3) is 0 Å². The number of likely N-dealkylation sites (tertiary alicyclic amines) is 1. The Morgan fingerprint density at radius 2 is 1.94 bits per heavy atom. The lowest BCUT2D eigenvalue weighted by Gasteiger charge is -2.27. The Morgan fingerprint density at radius 3 is 2.48 bits per heavy atom. The Bertz CT molecular complexity index is 784. The van der Waals surface area contributed by atoms with Gasteiger partial charge in [0.2, 0.25) is 17.7 Å². The first kappa shape index (κ1) is 25.4. The SMILES string of the molecule is CC(C)OCC(=O)N1CC2(CC2)C[C@H]1C(=O)N[C@@H](C[C@@H]1CCNC1=O)C(=O)COC(F)(F)F. The molecule has 3 fully saturated rings. The fraction of sp³-hybridized carbons (Fsp3) is 0.810. The minimum atomic E-state index is -5.00. The Balaban J connectivity index is 1.69. The lowest BCUT2D eigenvalue weighted by molar-refractivity contribution is -0.321. The van der Waals surface area contributed by atoms with Gasteiger partial charge >= 0.3 is 6.36 Å². The van der Waals surface area contributed by atoms with Gasteiger partial charge in [0.15, 0.2) is 5.78 Å². The zero-order chi connectivity index (χ0) is 24.4. The van der Waals surface area contributed by atoms with Gasteiger partial charge in [-0.25, -0.2) is 0 Å². The van der Waals surface area contributed by atoms with Crippen molar-refractivity contribution in [3.05, 3.63) is 0 Å². The summed E-state index contributed by atoms with van der Waals surface area (Å²) in [5, 5.41) is 5.11. The monoisotopic (exact) mass is 477 g/mol. The highest BCUT2D eigenvalue weighted by Gasteiger charge is 2.55. The maximum Gasteiger partial charge on any atom is 0.522 e. The van der Waals surface area contributed by atoms with Crippen molar-refractivity contribution in [1.29, 1.82) is 0 Å². The van der Waals surface area contributed by atoms with Crippen LogP contribution in [-0.4, -0.2) is 79.3 Å². The number of Topliss-reactive ketones (excluding diaryl/α,β-unsaturated/α-hetero) is 1. The molecular weight excluding hydrogens is 447 g/mol. The van der Waals surface area contributed by atoms with Crippen LogP contribution in [0.3, 0.4) is 0 Å². The summed E-state index contributed by atoms with van der Waals surface area (Å²) in [4.78, 5) is 51.7. The van der Waals surface area contributed by atoms with Gasteiger partial charge in [-0.2, -0.15) is 0 Å². The fourth-order valence-corrected chi connectivity index (χ4v) is 4.36. The molecule has 2 N–H and O–H groups in total. The average Bonchev–Trinajstić information content (AvgIpc) is 3.18. The first-order valence-electron chi connectivity index (χ1n) is 11.1. The summed E-state index contributed by atoms with van der Waals surface area (Å²) in [5.74, 6) is -2.90. The molecule has 12 heteroatoms. The Hall–Kier alpha value is -2.21. The first-order valence-corrected chi connectivity index (χ1v) is 11.1. The predicted molar refractivity (Wildman–Crippen MR) is 108 cm³/mol. The summed E-state index contributed by atoms with van der Waals surface area (Å²) in [6, 6.07) is -2.19. The zero-order valence-electron chi connectivity index (χ0n) is 18.7. The summed E-state index contributed by atoms with van der Waals surface area (Å²) in [6.07, 6.45) is -2.76. The molecule has 0 aromatic heterocycles. The van der Waals surface area contributed by atoms with Crippen LogP contribution in [0.5, 0.6) is 0 Å². The summed E-state index contributed by atoms with van der Waals surface area (Å²) < 4.78 is 46.3. The van der Waals surface area contributed by atoms with E-state index in [9.17, 15) is 32.3 Å². The molecule has 3 aliphatic rings. The highest BCUT2D eigenvalue weighted by atomic mass is 19.4. The molecule has 0 aromatic carbocycles. The summed E-state index contributed by atoms with van der Waals surface area (Å²) >= 11 is 0. The largest absolute Gasteiger partial charge is 0.522 e. The third kappa shape index (κ3) is 6.89. The molecular formula is C21H30F3N3O6. The second-order valence-corrected chi connectivity index (χ2v) is 9.38. The van der Waals surface area contributed by atoms with Gasteiger partial charge in [-0.15, -0.1) is 13.2 Å². The van der Waals surface area contributed by atoms with Crippen molar-refractivity contribution < 1.29 is 41.8 Å². The van der Waals surface area contributed by atoms with Crippen molar-refractivity contribution in [2.24, 2.45) is 11.3 Å². The first-order chi connectivity index (χ1) is 15.4. The lowest BCUT2D eigenvalue weighted by atomic mass is 9.95. The third-order valence-corrected chi connectivity index (χ3v) is 6.39. The maximum absolute atomic E-state index is 13.1. The van der Waals surface area contributed by atoms with Gasteiger partial charge in [-0.1, -0.05) is 0 Å². The summed E-state index contributed by atoms with van der Waals surface area (Å²) in [5.41, 5.74) is -0.139. The van der Waals surface area contributed by atoms with Crippen LogP contribution in [0.1, 0.15) is 46.0 Å². The summed E-state index contributed by atoms with van der Waals surface area (Å²) in [6.45, 7) is 2.88. The maximum atomic E-state index is 13.1. The van der Waals surface area contributed by atoms with Gasteiger partial charge in [0.05, 0.1) is 12.1 Å². The number of carbonyl (C=O) groups excluding carboxylic acids is 4. The van der Waals surface area contributed by atoms with Crippen LogP contribution in [0, 0.1) is 11.3 Å². The number of ether oxygens (including phenoxy) is 2. The van der Waals surface area contributed by atoms with E-state index in [-0.39, 0.29) is 36.4 Å². The number of hydrogen-bond acceptors (Lipinski definition) is 6. The van der Waals surface area contributed by atoms with E-state index in [1.54, 1.807) is 13.8 Å². The molecule has 1 aliphatic carbocycles. The number of hydrogen-bond donors (Lipinski definition) is 2. The number of rotatable bonds is 10. The van der Waals surface area contributed by atoms with E-state index in [1.807, 2.05) is 0 Å². The van der Waals surface area contributed by atoms with Gasteiger partial charge < -0.3 is 20.3 Å². The van der Waals surface area contributed by atoms with Gasteiger partial charge in [0, 0.05) is 19.0 Å². The molecule has 186 valence electrons. The van der Waals surface area contributed by atoms with E-state index in [1.165, 1.54) is 4.90 Å². The molecule has 2 saturated heterocycles. The number of amides is 3. The molecule has 33 heavy (non-hydrogen) atoms. The highest BCUT2D eigenvalue weighted by molar-refractivity contribution is 5.94. The van der Waals surface area contributed by atoms with E-state index in [0.717, 1.165) is 12.8 Å². The van der Waals surface area contributed by atoms with Gasteiger partial charge in [0.1, 0.15) is 19.3 Å². The standard InChI is InChI=1S/C21H30F3N3O6/c1-12(2)32-10-17(29)27-11-20(4-5-20)8-15(27)19(31)26-14(7-13-3-6-25-18(13)30)16(28)9-33-21(22,23)24/h12-15H,3-11H2,1-2H3,(H,25,30)(H,26,31)/t13-,14-,15-/m0/s1. The van der Waals surface area contributed by atoms with E-state index in [0.29, 0.717) is 25.9 Å². The highest BCUT2D eigenvalue weighted by Crippen LogP contribution is 2.54. The Labute approximate surface area is 189 Å². The minimum absolute atomic E-state index is 0.139. The molecule has 3 rings (SSSR count). The van der Waals surface area contributed by atoms with E-state index in [4.69, 9.17) is 4.74 Å². The van der Waals surface area contributed by atoms with Crippen LogP contribution >= 0.6 is 0 Å². The molecule has 0 bridgehead atoms. The Kier molecular flexibility index (Phi) is 7.67. The van der Waals surface area contributed by atoms with Crippen molar-refractivity contribution >= 4 is 23.5 Å². The molecule has 0 unspecified atom stereocenters. The fourth-order valence-electron chi connectivity index (χ4n) is 4.36. The summed E-state index contributed by atoms with van der Waals surface area (Å²) in [7, 11) is 0. The molecule has 1 spiro atoms. The second kappa shape index (κ2) is 9.96. The predicted octanol–water partition coefficient (Wildman–Crippen LogP) is 0.909. The topological polar surface area (TPSA) is 114 Å².